The van der Waals surface area contributed by atoms with Gasteiger partial charge in [0.1, 0.15) is 17.3 Å². The van der Waals surface area contributed by atoms with Crippen LogP contribution in [0.3, 0.4) is 0 Å². The lowest BCUT2D eigenvalue weighted by Crippen LogP contribution is -2.10. The summed E-state index contributed by atoms with van der Waals surface area (Å²) in [6.07, 6.45) is 1.65. The molecule has 0 aliphatic carbocycles. The van der Waals surface area contributed by atoms with Crippen LogP contribution in [0.4, 0.5) is 5.82 Å². The maximum atomic E-state index is 5.12. The molecule has 7 heteroatoms. The Bertz CT molecular complexity index is 765. The number of pyridine rings is 1. The molecule has 22 heavy (non-hydrogen) atoms. The van der Waals surface area contributed by atoms with Crippen LogP contribution in [0.2, 0.25) is 0 Å². The Morgan fingerprint density at radius 1 is 1.18 bits per heavy atom. The van der Waals surface area contributed by atoms with Crippen molar-refractivity contribution in [2.45, 2.75) is 13.8 Å². The summed E-state index contributed by atoms with van der Waals surface area (Å²) in [6.45, 7) is 5.16. The molecular formula is C15H18N6O. The largest absolute Gasteiger partial charge is 0.495 e. The molecule has 3 aromatic heterocycles. The Morgan fingerprint density at radius 2 is 2.05 bits per heavy atom. The summed E-state index contributed by atoms with van der Waals surface area (Å²) in [5.41, 5.74) is 1.38. The fourth-order valence-electron chi connectivity index (χ4n) is 1.98. The van der Waals surface area contributed by atoms with Crippen molar-refractivity contribution in [1.82, 2.24) is 24.8 Å². The number of ether oxygens (including phenoxy) is 1. The van der Waals surface area contributed by atoms with E-state index in [4.69, 9.17) is 4.74 Å². The number of fused-ring (bicyclic) bond motifs is 1. The highest BCUT2D eigenvalue weighted by atomic mass is 16.5. The Hall–Kier alpha value is -2.70. The van der Waals surface area contributed by atoms with Crippen LogP contribution in [0.1, 0.15) is 13.8 Å². The lowest BCUT2D eigenvalue weighted by molar-refractivity contribution is 0.413. The molecule has 0 atom stereocenters. The molecule has 0 bridgehead atoms. The SMILES string of the molecule is COc1ccc(-c2nnc3ccc(NCC(C)C)nn23)nc1. The highest BCUT2D eigenvalue weighted by molar-refractivity contribution is 5.56. The highest BCUT2D eigenvalue weighted by Gasteiger charge is 2.11. The first-order valence-corrected chi connectivity index (χ1v) is 7.14. The average Bonchev–Trinajstić information content (AvgIpc) is 2.96. The number of hydrogen-bond acceptors (Lipinski definition) is 6. The van der Waals surface area contributed by atoms with E-state index < -0.39 is 0 Å². The zero-order valence-corrected chi connectivity index (χ0v) is 12.8. The topological polar surface area (TPSA) is 77.2 Å². The van der Waals surface area contributed by atoms with Gasteiger partial charge in [-0.2, -0.15) is 4.52 Å². The van der Waals surface area contributed by atoms with Crippen LogP contribution < -0.4 is 10.1 Å². The van der Waals surface area contributed by atoms with Gasteiger partial charge in [-0.15, -0.1) is 15.3 Å². The Morgan fingerprint density at radius 3 is 2.73 bits per heavy atom. The zero-order chi connectivity index (χ0) is 15.5. The Kier molecular flexibility index (Phi) is 3.86. The first-order valence-electron chi connectivity index (χ1n) is 7.14. The minimum absolute atomic E-state index is 0.543. The van der Waals surface area contributed by atoms with Gasteiger partial charge in [0.05, 0.1) is 13.3 Å². The van der Waals surface area contributed by atoms with E-state index in [1.165, 1.54) is 0 Å². The van der Waals surface area contributed by atoms with E-state index in [9.17, 15) is 0 Å². The van der Waals surface area contributed by atoms with E-state index >= 15 is 0 Å². The molecule has 0 amide bonds. The first-order chi connectivity index (χ1) is 10.7. The van der Waals surface area contributed by atoms with Gasteiger partial charge in [-0.25, -0.2) is 4.98 Å². The van der Waals surface area contributed by atoms with Crippen molar-refractivity contribution < 1.29 is 4.74 Å². The van der Waals surface area contributed by atoms with E-state index in [0.29, 0.717) is 28.8 Å². The first kappa shape index (κ1) is 14.2. The molecule has 1 N–H and O–H groups in total. The molecule has 0 radical (unpaired) electrons. The molecule has 7 nitrogen and oxygen atoms in total. The highest BCUT2D eigenvalue weighted by Crippen LogP contribution is 2.18. The van der Waals surface area contributed by atoms with Crippen molar-refractivity contribution in [3.8, 4) is 17.3 Å². The van der Waals surface area contributed by atoms with E-state index in [-0.39, 0.29) is 0 Å². The van der Waals surface area contributed by atoms with Crippen molar-refractivity contribution in [2.75, 3.05) is 19.0 Å². The minimum atomic E-state index is 0.543. The lowest BCUT2D eigenvalue weighted by atomic mass is 10.2. The third-order valence-electron chi connectivity index (χ3n) is 3.16. The van der Waals surface area contributed by atoms with Crippen LogP contribution in [-0.2, 0) is 0 Å². The predicted molar refractivity (Wildman–Crippen MR) is 83.9 cm³/mol. The average molecular weight is 298 g/mol. The number of aromatic nitrogens is 5. The monoisotopic (exact) mass is 298 g/mol. The summed E-state index contributed by atoms with van der Waals surface area (Å²) in [5.74, 6) is 2.63. The van der Waals surface area contributed by atoms with Gasteiger partial charge in [0, 0.05) is 6.54 Å². The van der Waals surface area contributed by atoms with Crippen LogP contribution in [-0.4, -0.2) is 38.4 Å². The standard InChI is InChI=1S/C15H18N6O/c1-10(2)8-17-13-6-7-14-18-19-15(21(14)20-13)12-5-4-11(22-3)9-16-12/h4-7,9-10H,8H2,1-3H3,(H,17,20). The molecule has 0 aliphatic rings. The molecule has 0 unspecified atom stereocenters. The van der Waals surface area contributed by atoms with E-state index in [1.54, 1.807) is 17.8 Å². The minimum Gasteiger partial charge on any atom is -0.495 e. The molecular weight excluding hydrogens is 280 g/mol. The van der Waals surface area contributed by atoms with Crippen molar-refractivity contribution in [1.29, 1.82) is 0 Å². The summed E-state index contributed by atoms with van der Waals surface area (Å²) in [7, 11) is 1.61. The van der Waals surface area contributed by atoms with Crippen molar-refractivity contribution >= 4 is 11.5 Å². The second-order valence-corrected chi connectivity index (χ2v) is 5.37. The number of methoxy groups -OCH3 is 1. The number of nitrogens with zero attached hydrogens (tertiary/aromatic N) is 5. The molecule has 0 spiro atoms. The number of nitrogens with one attached hydrogen (secondary N) is 1. The summed E-state index contributed by atoms with van der Waals surface area (Å²) in [5, 5.41) is 16.1. The molecule has 3 rings (SSSR count). The van der Waals surface area contributed by atoms with Crippen molar-refractivity contribution in [3.05, 3.63) is 30.5 Å². The fourth-order valence-corrected chi connectivity index (χ4v) is 1.98. The van der Waals surface area contributed by atoms with Gasteiger partial charge in [-0.1, -0.05) is 13.8 Å². The molecule has 0 fully saturated rings. The quantitative estimate of drug-likeness (QED) is 0.778. The Labute approximate surface area is 128 Å². The Balaban J connectivity index is 1.96. The number of hydrogen-bond donors (Lipinski definition) is 1. The molecule has 0 saturated carbocycles. The predicted octanol–water partition coefficient (Wildman–Crippen LogP) is 2.26. The van der Waals surface area contributed by atoms with Gasteiger partial charge in [0.2, 0.25) is 5.82 Å². The molecule has 0 aromatic carbocycles. The van der Waals surface area contributed by atoms with Crippen molar-refractivity contribution in [2.24, 2.45) is 5.92 Å². The van der Waals surface area contributed by atoms with Crippen LogP contribution in [0.15, 0.2) is 30.5 Å². The van der Waals surface area contributed by atoms with Gasteiger partial charge in [-0.05, 0) is 30.2 Å². The van der Waals surface area contributed by atoms with E-state index in [2.05, 4.69) is 39.4 Å². The summed E-state index contributed by atoms with van der Waals surface area (Å²) >= 11 is 0. The van der Waals surface area contributed by atoms with Crippen molar-refractivity contribution in [3.63, 3.8) is 0 Å². The maximum Gasteiger partial charge on any atom is 0.203 e. The number of rotatable bonds is 5. The van der Waals surface area contributed by atoms with Gasteiger partial charge in [-0.3, -0.25) is 0 Å². The van der Waals surface area contributed by atoms with Gasteiger partial charge < -0.3 is 10.1 Å². The van der Waals surface area contributed by atoms with E-state index in [0.717, 1.165) is 12.4 Å². The fraction of sp³-hybridized carbons (Fsp3) is 0.333. The van der Waals surface area contributed by atoms with Crippen LogP contribution in [0.25, 0.3) is 17.2 Å². The van der Waals surface area contributed by atoms with Gasteiger partial charge in [0.25, 0.3) is 0 Å². The molecule has 114 valence electrons. The van der Waals surface area contributed by atoms with E-state index in [1.807, 2.05) is 24.3 Å². The van der Waals surface area contributed by atoms with Crippen LogP contribution in [0, 0.1) is 5.92 Å². The molecule has 0 aliphatic heterocycles. The molecule has 3 aromatic rings. The smallest absolute Gasteiger partial charge is 0.203 e. The number of anilines is 1. The van der Waals surface area contributed by atoms with Crippen LogP contribution >= 0.6 is 0 Å². The zero-order valence-electron chi connectivity index (χ0n) is 12.8. The normalized spacial score (nSPS) is 11.1. The van der Waals surface area contributed by atoms with Gasteiger partial charge in [0.15, 0.2) is 5.65 Å². The molecule has 3 heterocycles. The van der Waals surface area contributed by atoms with Crippen LogP contribution in [0.5, 0.6) is 5.75 Å². The summed E-state index contributed by atoms with van der Waals surface area (Å²) in [6, 6.07) is 7.46. The van der Waals surface area contributed by atoms with Gasteiger partial charge >= 0.3 is 0 Å². The third kappa shape index (κ3) is 2.83. The maximum absolute atomic E-state index is 5.12. The third-order valence-corrected chi connectivity index (χ3v) is 3.16. The second-order valence-electron chi connectivity index (χ2n) is 5.37. The second kappa shape index (κ2) is 5.97. The molecule has 0 saturated heterocycles. The summed E-state index contributed by atoms with van der Waals surface area (Å²) in [4.78, 5) is 4.34. The summed E-state index contributed by atoms with van der Waals surface area (Å²) < 4.78 is 6.81. The lowest BCUT2D eigenvalue weighted by Gasteiger charge is -2.08.